The van der Waals surface area contributed by atoms with Gasteiger partial charge in [-0.05, 0) is 93.2 Å². The largest absolute Gasteiger partial charge is 0.463 e. The molecule has 4 aliphatic carbocycles. The zero-order valence-electron chi connectivity index (χ0n) is 31.5. The van der Waals surface area contributed by atoms with Gasteiger partial charge in [-0.2, -0.15) is 0 Å². The number of dihydropyridines is 1. The Bertz CT molecular complexity index is 1770. The van der Waals surface area contributed by atoms with Gasteiger partial charge in [-0.3, -0.25) is 9.59 Å². The second-order valence-electron chi connectivity index (χ2n) is 15.9. The Kier molecular flexibility index (Phi) is 11.0. The number of fused-ring (bicyclic) bond motifs is 3. The third kappa shape index (κ3) is 6.77. The molecule has 0 bridgehead atoms. The lowest BCUT2D eigenvalue weighted by molar-refractivity contribution is -0.150. The summed E-state index contributed by atoms with van der Waals surface area (Å²) in [5, 5.41) is 24.4. The van der Waals surface area contributed by atoms with Gasteiger partial charge in [0, 0.05) is 36.1 Å². The lowest BCUT2D eigenvalue weighted by Crippen LogP contribution is -2.51. The molecule has 7 rings (SSSR count). The van der Waals surface area contributed by atoms with E-state index in [9.17, 15) is 19.5 Å². The number of nitrogens with one attached hydrogen (secondary N) is 4. The molecule has 1 saturated heterocycles. The molecule has 0 aromatic heterocycles. The van der Waals surface area contributed by atoms with Crippen LogP contribution in [-0.4, -0.2) is 79.9 Å². The summed E-state index contributed by atoms with van der Waals surface area (Å²) in [6, 6.07) is 6.65. The number of benzene rings is 1. The minimum atomic E-state index is -2.09. The van der Waals surface area contributed by atoms with E-state index in [2.05, 4.69) is 58.6 Å². The van der Waals surface area contributed by atoms with Gasteiger partial charge in [0.1, 0.15) is 5.82 Å². The molecule has 1 aromatic carbocycles. The van der Waals surface area contributed by atoms with Crippen LogP contribution in [0, 0.1) is 17.3 Å². The first-order valence-electron chi connectivity index (χ1n) is 19.7. The molecule has 6 aliphatic rings. The Morgan fingerprint density at radius 2 is 1.87 bits per heavy atom. The van der Waals surface area contributed by atoms with E-state index in [-0.39, 0.29) is 48.1 Å². The molecule has 1 aromatic rings. The minimum absolute atomic E-state index is 0.0134. The molecule has 1 saturated carbocycles. The Morgan fingerprint density at radius 3 is 2.60 bits per heavy atom. The van der Waals surface area contributed by atoms with E-state index >= 15 is 0 Å². The molecular weight excluding hydrogens is 668 g/mol. The Balaban J connectivity index is 1.18. The van der Waals surface area contributed by atoms with E-state index in [1.54, 1.807) is 24.3 Å². The van der Waals surface area contributed by atoms with E-state index in [0.29, 0.717) is 24.6 Å². The van der Waals surface area contributed by atoms with Crippen molar-refractivity contribution in [1.29, 1.82) is 0 Å². The molecular formula is C43H56N4O6. The predicted molar refractivity (Wildman–Crippen MR) is 204 cm³/mol. The SMILES string of the molecule is CCNC1C=C2C=CCCC2CC1COC(=O)C12OC1(CC(CO)=C(C)CC1(C3=CCNC(NCNC)=C3)CCCCC1)C(=O)c1ccccc1C2=O. The summed E-state index contributed by atoms with van der Waals surface area (Å²) in [6.45, 7) is 6.00. The molecule has 0 radical (unpaired) electrons. The fourth-order valence-electron chi connectivity index (χ4n) is 9.81. The van der Waals surface area contributed by atoms with E-state index in [1.807, 2.05) is 14.0 Å². The maximum Gasteiger partial charge on any atom is 0.350 e. The lowest BCUT2D eigenvalue weighted by atomic mass is 9.64. The van der Waals surface area contributed by atoms with E-state index in [4.69, 9.17) is 9.47 Å². The number of hydrogen-bond donors (Lipinski definition) is 5. The molecule has 5 N–H and O–H groups in total. The highest BCUT2D eigenvalue weighted by Gasteiger charge is 2.85. The molecule has 10 heteroatoms. The molecule has 10 nitrogen and oxygen atoms in total. The number of likely N-dealkylation sites (N-methyl/N-ethyl adjacent to an activating group) is 1. The number of aliphatic hydroxyl groups is 1. The van der Waals surface area contributed by atoms with Gasteiger partial charge in [-0.1, -0.05) is 80.3 Å². The molecule has 5 unspecified atom stereocenters. The van der Waals surface area contributed by atoms with Crippen LogP contribution in [-0.2, 0) is 14.3 Å². The van der Waals surface area contributed by atoms with Crippen LogP contribution in [0.25, 0.3) is 0 Å². The smallest absolute Gasteiger partial charge is 0.350 e. The predicted octanol–water partition coefficient (Wildman–Crippen LogP) is 5.18. The summed E-state index contributed by atoms with van der Waals surface area (Å²) in [5.41, 5.74) is 0.585. The second kappa shape index (κ2) is 15.5. The molecule has 284 valence electrons. The number of carbonyl (C=O) groups is 3. The van der Waals surface area contributed by atoms with E-state index in [0.717, 1.165) is 69.4 Å². The van der Waals surface area contributed by atoms with Gasteiger partial charge in [0.15, 0.2) is 11.4 Å². The first-order valence-corrected chi connectivity index (χ1v) is 19.7. The van der Waals surface area contributed by atoms with Crippen molar-refractivity contribution in [2.24, 2.45) is 17.3 Å². The van der Waals surface area contributed by atoms with Gasteiger partial charge in [0.2, 0.25) is 5.78 Å². The number of rotatable bonds is 14. The monoisotopic (exact) mass is 724 g/mol. The fraction of sp³-hybridized carbons (Fsp3) is 0.558. The topological polar surface area (TPSA) is 141 Å². The van der Waals surface area contributed by atoms with Crippen molar-refractivity contribution in [1.82, 2.24) is 21.3 Å². The van der Waals surface area contributed by atoms with Crippen LogP contribution in [0.4, 0.5) is 0 Å². The Morgan fingerprint density at radius 1 is 1.09 bits per heavy atom. The van der Waals surface area contributed by atoms with Crippen molar-refractivity contribution >= 4 is 17.5 Å². The summed E-state index contributed by atoms with van der Waals surface area (Å²) in [7, 11) is 1.90. The number of Topliss-reactive ketones (excluding diaryl/α,β-unsaturated/α-hetero) is 2. The zero-order valence-corrected chi connectivity index (χ0v) is 31.5. The van der Waals surface area contributed by atoms with Crippen molar-refractivity contribution in [3.8, 4) is 0 Å². The highest BCUT2D eigenvalue weighted by atomic mass is 16.7. The number of ether oxygens (including phenoxy) is 2. The van der Waals surface area contributed by atoms with Crippen LogP contribution >= 0.6 is 0 Å². The van der Waals surface area contributed by atoms with Gasteiger partial charge in [-0.25, -0.2) is 4.79 Å². The maximum atomic E-state index is 14.5. The molecule has 2 heterocycles. The third-order valence-corrected chi connectivity index (χ3v) is 12.7. The zero-order chi connectivity index (χ0) is 37.2. The molecule has 0 spiro atoms. The highest BCUT2D eigenvalue weighted by molar-refractivity contribution is 6.32. The maximum absolute atomic E-state index is 14.5. The number of ketones is 2. The number of allylic oxidation sites excluding steroid dienone is 6. The third-order valence-electron chi connectivity index (χ3n) is 12.7. The normalized spacial score (nSPS) is 30.3. The van der Waals surface area contributed by atoms with Gasteiger partial charge in [0.25, 0.3) is 5.60 Å². The van der Waals surface area contributed by atoms with Crippen LogP contribution < -0.4 is 21.3 Å². The molecule has 0 amide bonds. The summed E-state index contributed by atoms with van der Waals surface area (Å²) in [5.74, 6) is -0.387. The number of hydrogen-bond acceptors (Lipinski definition) is 10. The quantitative estimate of drug-likeness (QED) is 0.0573. The van der Waals surface area contributed by atoms with Crippen LogP contribution in [0.5, 0.6) is 0 Å². The first-order chi connectivity index (χ1) is 25.7. The first kappa shape index (κ1) is 37.5. The summed E-state index contributed by atoms with van der Waals surface area (Å²) >= 11 is 0. The van der Waals surface area contributed by atoms with Crippen molar-refractivity contribution in [2.45, 2.75) is 95.3 Å². The number of epoxide rings is 1. The van der Waals surface area contributed by atoms with Crippen molar-refractivity contribution in [3.05, 3.63) is 93.9 Å². The number of aliphatic hydroxyl groups excluding tert-OH is 1. The van der Waals surface area contributed by atoms with Crippen molar-refractivity contribution in [2.75, 3.05) is 40.0 Å². The summed E-state index contributed by atoms with van der Waals surface area (Å²) in [4.78, 5) is 43.2. The second-order valence-corrected chi connectivity index (χ2v) is 15.9. The van der Waals surface area contributed by atoms with Crippen molar-refractivity contribution in [3.63, 3.8) is 0 Å². The van der Waals surface area contributed by atoms with Gasteiger partial charge in [-0.15, -0.1) is 0 Å². The minimum Gasteiger partial charge on any atom is -0.463 e. The van der Waals surface area contributed by atoms with Crippen LogP contribution in [0.3, 0.4) is 0 Å². The van der Waals surface area contributed by atoms with Gasteiger partial charge in [0.05, 0.1) is 19.9 Å². The van der Waals surface area contributed by atoms with Crippen molar-refractivity contribution < 1.29 is 29.0 Å². The molecule has 2 fully saturated rings. The van der Waals surface area contributed by atoms with Crippen LogP contribution in [0.1, 0.15) is 98.8 Å². The molecule has 5 atom stereocenters. The average Bonchev–Trinajstić information content (AvgIpc) is 3.89. The Hall–Kier alpha value is -3.83. The molecule has 2 aliphatic heterocycles. The molecule has 53 heavy (non-hydrogen) atoms. The van der Waals surface area contributed by atoms with E-state index in [1.165, 1.54) is 17.6 Å². The lowest BCUT2D eigenvalue weighted by Gasteiger charge is -2.41. The fourth-order valence-corrected chi connectivity index (χ4v) is 9.81. The van der Waals surface area contributed by atoms with E-state index < -0.39 is 28.7 Å². The average molecular weight is 725 g/mol. The summed E-state index contributed by atoms with van der Waals surface area (Å²) < 4.78 is 12.4. The van der Waals surface area contributed by atoms with Crippen LogP contribution in [0.15, 0.2) is 82.8 Å². The standard InChI is InChI=1S/C43H56N4O6/c1-4-45-36-21-30-13-7-6-12-29(30)20-31(36)26-52-40(51)43-39(50)35-15-9-8-14-34(35)38(49)42(43,53-43)24-32(25-48)28(2)23-41(17-10-5-11-18-41)33-16-19-46-37(22-33)47-27-44-3/h7-9,13-16,21-22,29,31,36,44-48H,4-6,10-12,17-20,23-27H2,1-3H3. The van der Waals surface area contributed by atoms with Crippen LogP contribution in [0.2, 0.25) is 0 Å². The number of esters is 1. The summed E-state index contributed by atoms with van der Waals surface area (Å²) in [6.07, 6.45) is 20.1. The number of carbonyl (C=O) groups excluding carboxylic acids is 3. The Labute approximate surface area is 313 Å². The van der Waals surface area contributed by atoms with Gasteiger partial charge >= 0.3 is 5.97 Å². The highest BCUT2D eigenvalue weighted by Crippen LogP contribution is 2.60. The van der Waals surface area contributed by atoms with Gasteiger partial charge < -0.3 is 35.8 Å².